The monoisotopic (exact) mass is 437 g/mol. The smallest absolute Gasteiger partial charge is 0.273 e. The molecule has 166 valence electrons. The van der Waals surface area contributed by atoms with Crippen LogP contribution in [0, 0.1) is 17.6 Å². The summed E-state index contributed by atoms with van der Waals surface area (Å²) in [6.45, 7) is 3.45. The maximum absolute atomic E-state index is 13.9. The second-order valence-electron chi connectivity index (χ2n) is 7.88. The van der Waals surface area contributed by atoms with Crippen molar-refractivity contribution in [3.8, 4) is 5.69 Å². The molecular weight excluding hydrogens is 412 g/mol. The van der Waals surface area contributed by atoms with Gasteiger partial charge in [0.05, 0.1) is 6.20 Å². The summed E-state index contributed by atoms with van der Waals surface area (Å²) >= 11 is 0. The molecule has 0 bridgehead atoms. The topological polar surface area (TPSA) is 63.1 Å². The lowest BCUT2D eigenvalue weighted by Gasteiger charge is -2.31. The lowest BCUT2D eigenvalue weighted by Crippen LogP contribution is -2.38. The number of likely N-dealkylation sites (tertiary alicyclic amines) is 1. The molecule has 2 aromatic carbocycles. The van der Waals surface area contributed by atoms with Gasteiger partial charge in [-0.05, 0) is 49.5 Å². The van der Waals surface area contributed by atoms with Crippen molar-refractivity contribution in [2.45, 2.75) is 12.8 Å². The molecule has 3 aromatic rings. The molecule has 0 saturated carbocycles. The summed E-state index contributed by atoms with van der Waals surface area (Å²) in [4.78, 5) is 15.8. The molecule has 4 rings (SSSR count). The molecule has 1 amide bonds. The standard InChI is InChI=1S/C24H25F2N5O/c25-20-8-9-23(21(26)15-20)31-28-17-22(29-31)24(32)27-16-19-10-13-30(14-11-19)12-4-7-18-5-2-1-3-6-18/h1-9,15,17,19H,10-14,16H2,(H,27,32)/b7-4+. The summed E-state index contributed by atoms with van der Waals surface area (Å²) in [7, 11) is 0. The molecule has 2 heterocycles. The largest absolute Gasteiger partial charge is 0.350 e. The van der Waals surface area contributed by atoms with Gasteiger partial charge in [0.15, 0.2) is 11.5 Å². The van der Waals surface area contributed by atoms with E-state index in [4.69, 9.17) is 0 Å². The molecule has 1 aromatic heterocycles. The van der Waals surface area contributed by atoms with Crippen LogP contribution in [-0.2, 0) is 0 Å². The Bertz CT molecular complexity index is 1080. The minimum atomic E-state index is -0.794. The molecule has 0 aliphatic carbocycles. The van der Waals surface area contributed by atoms with Crippen LogP contribution in [0.2, 0.25) is 0 Å². The van der Waals surface area contributed by atoms with Gasteiger partial charge in [0.1, 0.15) is 11.5 Å². The predicted octanol–water partition coefficient (Wildman–Crippen LogP) is 3.70. The average Bonchev–Trinajstić information content (AvgIpc) is 3.29. The van der Waals surface area contributed by atoms with Gasteiger partial charge in [-0.1, -0.05) is 42.5 Å². The maximum Gasteiger partial charge on any atom is 0.273 e. The Balaban J connectivity index is 1.22. The van der Waals surface area contributed by atoms with Crippen LogP contribution in [0.3, 0.4) is 0 Å². The fourth-order valence-electron chi connectivity index (χ4n) is 3.73. The van der Waals surface area contributed by atoms with Crippen LogP contribution in [0.4, 0.5) is 8.78 Å². The Hall–Kier alpha value is -3.39. The number of aromatic nitrogens is 3. The quantitative estimate of drug-likeness (QED) is 0.612. The van der Waals surface area contributed by atoms with Gasteiger partial charge in [0.2, 0.25) is 0 Å². The van der Waals surface area contributed by atoms with Crippen LogP contribution < -0.4 is 5.32 Å². The molecule has 6 nitrogen and oxygen atoms in total. The first-order valence-electron chi connectivity index (χ1n) is 10.7. The summed E-state index contributed by atoms with van der Waals surface area (Å²) < 4.78 is 27.0. The van der Waals surface area contributed by atoms with Gasteiger partial charge in [-0.2, -0.15) is 5.10 Å². The van der Waals surface area contributed by atoms with Gasteiger partial charge in [-0.25, -0.2) is 8.78 Å². The molecule has 0 atom stereocenters. The molecule has 1 saturated heterocycles. The Labute approximate surface area is 185 Å². The average molecular weight is 437 g/mol. The van der Waals surface area contributed by atoms with Crippen molar-refractivity contribution in [2.24, 2.45) is 5.92 Å². The Kier molecular flexibility index (Phi) is 7.01. The van der Waals surface area contributed by atoms with E-state index in [9.17, 15) is 13.6 Å². The molecule has 8 heteroatoms. The van der Waals surface area contributed by atoms with Crippen LogP contribution in [0.15, 0.2) is 60.8 Å². The SMILES string of the molecule is O=C(NCC1CCN(C/C=C/c2ccccc2)CC1)c1cnn(-c2ccc(F)cc2F)n1. The third-order valence-corrected chi connectivity index (χ3v) is 5.58. The zero-order valence-corrected chi connectivity index (χ0v) is 17.6. The van der Waals surface area contributed by atoms with Crippen LogP contribution >= 0.6 is 0 Å². The number of carbonyl (C=O) groups excluding carboxylic acids is 1. The Morgan fingerprint density at radius 3 is 2.66 bits per heavy atom. The van der Waals surface area contributed by atoms with Gasteiger partial charge >= 0.3 is 0 Å². The minimum absolute atomic E-state index is 0.0147. The number of halogens is 2. The predicted molar refractivity (Wildman–Crippen MR) is 118 cm³/mol. The number of hydrogen-bond donors (Lipinski definition) is 1. The highest BCUT2D eigenvalue weighted by molar-refractivity contribution is 5.91. The first-order valence-corrected chi connectivity index (χ1v) is 10.7. The molecule has 1 N–H and O–H groups in total. The third kappa shape index (κ3) is 5.64. The number of hydrogen-bond acceptors (Lipinski definition) is 4. The Morgan fingerprint density at radius 2 is 1.91 bits per heavy atom. The van der Waals surface area contributed by atoms with E-state index in [0.29, 0.717) is 12.5 Å². The molecule has 1 fully saturated rings. The normalized spacial score (nSPS) is 15.3. The number of nitrogens with zero attached hydrogens (tertiary/aromatic N) is 4. The van der Waals surface area contributed by atoms with Gasteiger partial charge in [-0.3, -0.25) is 9.69 Å². The number of benzene rings is 2. The molecule has 32 heavy (non-hydrogen) atoms. The Morgan fingerprint density at radius 1 is 1.12 bits per heavy atom. The number of piperidine rings is 1. The van der Waals surface area contributed by atoms with Crippen LogP contribution in [0.1, 0.15) is 28.9 Å². The van der Waals surface area contributed by atoms with E-state index in [0.717, 1.165) is 49.4 Å². The minimum Gasteiger partial charge on any atom is -0.350 e. The zero-order chi connectivity index (χ0) is 22.3. The highest BCUT2D eigenvalue weighted by Crippen LogP contribution is 2.17. The highest BCUT2D eigenvalue weighted by atomic mass is 19.1. The molecule has 0 radical (unpaired) electrons. The summed E-state index contributed by atoms with van der Waals surface area (Å²) in [6.07, 6.45) is 7.61. The van der Waals surface area contributed by atoms with Crippen LogP contribution in [-0.4, -0.2) is 52.0 Å². The van der Waals surface area contributed by atoms with Crippen molar-refractivity contribution < 1.29 is 13.6 Å². The van der Waals surface area contributed by atoms with E-state index < -0.39 is 11.6 Å². The van der Waals surface area contributed by atoms with Crippen molar-refractivity contribution in [1.29, 1.82) is 0 Å². The van der Waals surface area contributed by atoms with Crippen molar-refractivity contribution in [1.82, 2.24) is 25.2 Å². The highest BCUT2D eigenvalue weighted by Gasteiger charge is 2.20. The molecule has 0 spiro atoms. The van der Waals surface area contributed by atoms with Gasteiger partial charge in [0, 0.05) is 19.2 Å². The summed E-state index contributed by atoms with van der Waals surface area (Å²) in [6, 6.07) is 13.3. The van der Waals surface area contributed by atoms with Crippen molar-refractivity contribution in [2.75, 3.05) is 26.2 Å². The molecule has 1 aliphatic rings. The van der Waals surface area contributed by atoms with E-state index in [1.807, 2.05) is 18.2 Å². The summed E-state index contributed by atoms with van der Waals surface area (Å²) in [5, 5.41) is 10.8. The van der Waals surface area contributed by atoms with Crippen LogP contribution in [0.25, 0.3) is 11.8 Å². The number of amides is 1. The number of nitrogens with one attached hydrogen (secondary N) is 1. The van der Waals surface area contributed by atoms with E-state index in [2.05, 4.69) is 44.7 Å². The van der Waals surface area contributed by atoms with Gasteiger partial charge in [-0.15, -0.1) is 9.90 Å². The van der Waals surface area contributed by atoms with Crippen molar-refractivity contribution >= 4 is 12.0 Å². The second kappa shape index (κ2) is 10.3. The van der Waals surface area contributed by atoms with Crippen LogP contribution in [0.5, 0.6) is 0 Å². The maximum atomic E-state index is 13.9. The lowest BCUT2D eigenvalue weighted by molar-refractivity contribution is 0.0932. The zero-order valence-electron chi connectivity index (χ0n) is 17.6. The summed E-state index contributed by atoms with van der Waals surface area (Å²) in [5.41, 5.74) is 1.28. The third-order valence-electron chi connectivity index (χ3n) is 5.58. The van der Waals surface area contributed by atoms with E-state index in [1.165, 1.54) is 17.8 Å². The number of rotatable bonds is 7. The van der Waals surface area contributed by atoms with E-state index >= 15 is 0 Å². The summed E-state index contributed by atoms with van der Waals surface area (Å²) in [5.74, 6) is -1.43. The first-order chi connectivity index (χ1) is 15.6. The van der Waals surface area contributed by atoms with Gasteiger partial charge in [0.25, 0.3) is 5.91 Å². The number of carbonyl (C=O) groups is 1. The molecule has 0 unspecified atom stereocenters. The fraction of sp³-hybridized carbons (Fsp3) is 0.292. The van der Waals surface area contributed by atoms with E-state index in [1.54, 1.807) is 0 Å². The molecule has 1 aliphatic heterocycles. The lowest BCUT2D eigenvalue weighted by atomic mass is 9.96. The van der Waals surface area contributed by atoms with Crippen molar-refractivity contribution in [3.05, 3.63) is 83.7 Å². The fourth-order valence-corrected chi connectivity index (χ4v) is 3.73. The van der Waals surface area contributed by atoms with Gasteiger partial charge < -0.3 is 5.32 Å². The van der Waals surface area contributed by atoms with E-state index in [-0.39, 0.29) is 17.3 Å². The molecular formula is C24H25F2N5O. The second-order valence-corrected chi connectivity index (χ2v) is 7.88. The van der Waals surface area contributed by atoms with Crippen molar-refractivity contribution in [3.63, 3.8) is 0 Å². The first kappa shape index (κ1) is 21.8.